The summed E-state index contributed by atoms with van der Waals surface area (Å²) in [5.74, 6) is 2.24. The molecule has 5 nitrogen and oxygen atoms in total. The zero-order valence-corrected chi connectivity index (χ0v) is 14.8. The summed E-state index contributed by atoms with van der Waals surface area (Å²) in [6.07, 6.45) is 4.76. The molecule has 0 bridgehead atoms. The Bertz CT molecular complexity index is 664. The Hall–Kier alpha value is -0.890. The first-order valence-corrected chi connectivity index (χ1v) is 9.86. The van der Waals surface area contributed by atoms with Gasteiger partial charge in [0.05, 0.1) is 17.6 Å². The lowest BCUT2D eigenvalue weighted by atomic mass is 9.90. The van der Waals surface area contributed by atoms with E-state index in [2.05, 4.69) is 23.2 Å². The highest BCUT2D eigenvalue weighted by atomic mass is 32.2. The van der Waals surface area contributed by atoms with Gasteiger partial charge in [-0.25, -0.2) is 0 Å². The van der Waals surface area contributed by atoms with E-state index in [4.69, 9.17) is 13.9 Å². The molecular weight excluding hydrogens is 332 g/mol. The van der Waals surface area contributed by atoms with Crippen LogP contribution in [-0.2, 0) is 22.3 Å². The van der Waals surface area contributed by atoms with Gasteiger partial charge in [0.1, 0.15) is 6.79 Å². The fourth-order valence-electron chi connectivity index (χ4n) is 2.98. The Balaban J connectivity index is 1.41. The molecular formula is C16H20N2O3S2. The minimum Gasteiger partial charge on any atom is -0.410 e. The molecule has 124 valence electrons. The third-order valence-electron chi connectivity index (χ3n) is 4.31. The Morgan fingerprint density at radius 2 is 2.30 bits per heavy atom. The lowest BCUT2D eigenvalue weighted by Crippen LogP contribution is -2.25. The Morgan fingerprint density at radius 3 is 3.17 bits per heavy atom. The summed E-state index contributed by atoms with van der Waals surface area (Å²) in [7, 11) is 0. The zero-order chi connectivity index (χ0) is 15.6. The van der Waals surface area contributed by atoms with Gasteiger partial charge in [-0.05, 0) is 43.2 Å². The van der Waals surface area contributed by atoms with Gasteiger partial charge in [-0.2, -0.15) is 0 Å². The maximum absolute atomic E-state index is 5.83. The van der Waals surface area contributed by atoms with Crippen molar-refractivity contribution in [2.24, 2.45) is 5.92 Å². The van der Waals surface area contributed by atoms with Crippen molar-refractivity contribution < 1.29 is 13.9 Å². The van der Waals surface area contributed by atoms with Crippen molar-refractivity contribution in [1.82, 2.24) is 10.2 Å². The molecule has 0 saturated carbocycles. The Labute approximate surface area is 143 Å². The Morgan fingerprint density at radius 1 is 1.35 bits per heavy atom. The van der Waals surface area contributed by atoms with Gasteiger partial charge in [-0.15, -0.1) is 21.5 Å². The molecule has 4 rings (SSSR count). The molecule has 2 unspecified atom stereocenters. The molecule has 0 N–H and O–H groups in total. The smallest absolute Gasteiger partial charge is 0.276 e. The molecule has 1 fully saturated rings. The van der Waals surface area contributed by atoms with Gasteiger partial charge < -0.3 is 13.9 Å². The van der Waals surface area contributed by atoms with Gasteiger partial charge in [-0.1, -0.05) is 18.7 Å². The van der Waals surface area contributed by atoms with Crippen molar-refractivity contribution in [1.29, 1.82) is 0 Å². The van der Waals surface area contributed by atoms with Crippen LogP contribution in [0.4, 0.5) is 0 Å². The highest BCUT2D eigenvalue weighted by Gasteiger charge is 2.21. The summed E-state index contributed by atoms with van der Waals surface area (Å²) in [6.45, 7) is 3.47. The van der Waals surface area contributed by atoms with Crippen molar-refractivity contribution in [3.8, 4) is 10.8 Å². The topological polar surface area (TPSA) is 57.4 Å². The van der Waals surface area contributed by atoms with Crippen LogP contribution < -0.4 is 0 Å². The standard InChI is InChI=1S/C16H20N2O3S2/c1-10-2-3-13-11(6-10)7-14(23-13)15-17-18-16(21-15)22-8-12-4-5-19-9-20-12/h7,10,12H,2-6,8-9H2,1H3. The van der Waals surface area contributed by atoms with E-state index in [-0.39, 0.29) is 6.10 Å². The molecule has 23 heavy (non-hydrogen) atoms. The van der Waals surface area contributed by atoms with Crippen molar-refractivity contribution in [3.05, 3.63) is 16.5 Å². The van der Waals surface area contributed by atoms with Crippen LogP contribution in [0.1, 0.15) is 30.2 Å². The summed E-state index contributed by atoms with van der Waals surface area (Å²) in [5, 5.41) is 9.00. The minimum absolute atomic E-state index is 0.208. The first-order chi connectivity index (χ1) is 11.3. The number of hydrogen-bond acceptors (Lipinski definition) is 7. The normalized spacial score (nSPS) is 24.6. The summed E-state index contributed by atoms with van der Waals surface area (Å²) in [6, 6.07) is 2.24. The number of nitrogens with zero attached hydrogens (tertiary/aromatic N) is 2. The summed E-state index contributed by atoms with van der Waals surface area (Å²) in [4.78, 5) is 2.59. The van der Waals surface area contributed by atoms with Crippen LogP contribution in [0.15, 0.2) is 15.7 Å². The average molecular weight is 352 g/mol. The molecule has 0 radical (unpaired) electrons. The molecule has 0 amide bonds. The largest absolute Gasteiger partial charge is 0.410 e. The van der Waals surface area contributed by atoms with E-state index in [1.54, 1.807) is 23.1 Å². The quantitative estimate of drug-likeness (QED) is 0.781. The molecule has 2 aliphatic rings. The number of hydrogen-bond donors (Lipinski definition) is 0. The second kappa shape index (κ2) is 6.93. The van der Waals surface area contributed by atoms with Crippen LogP contribution in [-0.4, -0.2) is 35.5 Å². The number of thioether (sulfide) groups is 1. The van der Waals surface area contributed by atoms with Crippen LogP contribution in [0, 0.1) is 5.92 Å². The van der Waals surface area contributed by atoms with Crippen molar-refractivity contribution in [2.45, 2.75) is 43.9 Å². The van der Waals surface area contributed by atoms with Gasteiger partial charge in [-0.3, -0.25) is 0 Å². The summed E-state index contributed by atoms with van der Waals surface area (Å²) >= 11 is 3.36. The summed E-state index contributed by atoms with van der Waals surface area (Å²) < 4.78 is 16.5. The van der Waals surface area contributed by atoms with Gasteiger partial charge in [0.25, 0.3) is 11.1 Å². The number of ether oxygens (including phenoxy) is 2. The molecule has 2 atom stereocenters. The first kappa shape index (κ1) is 15.6. The van der Waals surface area contributed by atoms with Crippen LogP contribution in [0.3, 0.4) is 0 Å². The fourth-order valence-corrected chi connectivity index (χ4v) is 4.93. The minimum atomic E-state index is 0.208. The molecule has 3 heterocycles. The van der Waals surface area contributed by atoms with E-state index in [1.807, 2.05) is 0 Å². The van der Waals surface area contributed by atoms with Gasteiger partial charge in [0.2, 0.25) is 0 Å². The van der Waals surface area contributed by atoms with Crippen molar-refractivity contribution in [3.63, 3.8) is 0 Å². The Kier molecular flexibility index (Phi) is 4.71. The molecule has 1 saturated heterocycles. The molecule has 2 aromatic rings. The number of rotatable bonds is 4. The predicted molar refractivity (Wildman–Crippen MR) is 89.8 cm³/mol. The number of aromatic nitrogens is 2. The zero-order valence-electron chi connectivity index (χ0n) is 13.1. The molecule has 2 aromatic heterocycles. The van der Waals surface area contributed by atoms with E-state index in [0.717, 1.165) is 29.6 Å². The maximum atomic E-state index is 5.83. The lowest BCUT2D eigenvalue weighted by molar-refractivity contribution is -0.130. The van der Waals surface area contributed by atoms with Gasteiger partial charge >= 0.3 is 0 Å². The van der Waals surface area contributed by atoms with Crippen LogP contribution in [0.25, 0.3) is 10.8 Å². The van der Waals surface area contributed by atoms with E-state index in [0.29, 0.717) is 17.9 Å². The average Bonchev–Trinajstić information content (AvgIpc) is 3.20. The SMILES string of the molecule is CC1CCc2sc(-c3nnc(SCC4CCOCO4)o3)cc2C1. The highest BCUT2D eigenvalue weighted by molar-refractivity contribution is 7.99. The highest BCUT2D eigenvalue weighted by Crippen LogP contribution is 2.37. The third-order valence-corrected chi connectivity index (χ3v) is 6.49. The number of thiophene rings is 1. The van der Waals surface area contributed by atoms with E-state index >= 15 is 0 Å². The first-order valence-electron chi connectivity index (χ1n) is 8.05. The van der Waals surface area contributed by atoms with Gasteiger partial charge in [0, 0.05) is 10.6 Å². The predicted octanol–water partition coefficient (Wildman–Crippen LogP) is 3.78. The molecule has 1 aliphatic carbocycles. The van der Waals surface area contributed by atoms with Crippen LogP contribution >= 0.6 is 23.1 Å². The number of fused-ring (bicyclic) bond motifs is 1. The van der Waals surface area contributed by atoms with Crippen molar-refractivity contribution >= 4 is 23.1 Å². The fraction of sp³-hybridized carbons (Fsp3) is 0.625. The third kappa shape index (κ3) is 3.63. The van der Waals surface area contributed by atoms with E-state index < -0.39 is 0 Å². The van der Waals surface area contributed by atoms with E-state index in [9.17, 15) is 0 Å². The van der Waals surface area contributed by atoms with Crippen LogP contribution in [0.2, 0.25) is 0 Å². The second-order valence-corrected chi connectivity index (χ2v) is 8.30. The maximum Gasteiger partial charge on any atom is 0.276 e. The van der Waals surface area contributed by atoms with Crippen LogP contribution in [0.5, 0.6) is 0 Å². The van der Waals surface area contributed by atoms with Crippen molar-refractivity contribution in [2.75, 3.05) is 19.2 Å². The molecule has 7 heteroatoms. The lowest BCUT2D eigenvalue weighted by Gasteiger charge is -2.21. The second-order valence-electron chi connectivity index (χ2n) is 6.19. The van der Waals surface area contributed by atoms with Gasteiger partial charge in [0.15, 0.2) is 0 Å². The number of aryl methyl sites for hydroxylation is 1. The van der Waals surface area contributed by atoms with E-state index in [1.165, 1.54) is 29.7 Å². The summed E-state index contributed by atoms with van der Waals surface area (Å²) in [5.41, 5.74) is 1.46. The molecule has 1 aliphatic heterocycles. The molecule has 0 aromatic carbocycles. The monoisotopic (exact) mass is 352 g/mol. The molecule has 0 spiro atoms.